The van der Waals surface area contributed by atoms with Crippen molar-refractivity contribution in [1.82, 2.24) is 0 Å². The number of ether oxygens (including phenoxy) is 1. The second-order valence-corrected chi connectivity index (χ2v) is 7.28. The maximum atomic E-state index is 11.4. The van der Waals surface area contributed by atoms with Crippen LogP contribution in [-0.4, -0.2) is 22.8 Å². The van der Waals surface area contributed by atoms with Gasteiger partial charge in [0.1, 0.15) is 0 Å². The Bertz CT molecular complexity index is 300. The fraction of sp³-hybridized carbons (Fsp3) is 0.850. The molecule has 0 aromatic rings. The molecule has 0 saturated carbocycles. The normalized spacial score (nSPS) is 11.8. The van der Waals surface area contributed by atoms with Gasteiger partial charge in [0.25, 0.3) is 0 Å². The molecule has 0 spiro atoms. The first-order chi connectivity index (χ1) is 11.2. The van der Waals surface area contributed by atoms with Crippen LogP contribution in [0.25, 0.3) is 0 Å². The summed E-state index contributed by atoms with van der Waals surface area (Å²) in [6.45, 7) is 4.70. The van der Waals surface area contributed by atoms with E-state index in [1.807, 2.05) is 12.6 Å². The van der Waals surface area contributed by atoms with Gasteiger partial charge in [-0.1, -0.05) is 96.1 Å². The predicted octanol–water partition coefficient (Wildman–Crippen LogP) is 5.28. The summed E-state index contributed by atoms with van der Waals surface area (Å²) in [7, 11) is 0.919. The van der Waals surface area contributed by atoms with Crippen molar-refractivity contribution in [2.75, 3.05) is 6.61 Å². The van der Waals surface area contributed by atoms with E-state index in [9.17, 15) is 4.79 Å². The minimum atomic E-state index is -0.130. The largest absolute Gasteiger partial charge is 0.462 e. The average Bonchev–Trinajstić information content (AvgIpc) is 2.57. The van der Waals surface area contributed by atoms with E-state index in [0.29, 0.717) is 6.61 Å². The summed E-state index contributed by atoms with van der Waals surface area (Å²) in [5, 5.41) is 0. The number of carbonyl (C=O) groups is 1. The van der Waals surface area contributed by atoms with Gasteiger partial charge in [0.15, 0.2) is 0 Å². The molecule has 23 heavy (non-hydrogen) atoms. The number of rotatable bonds is 16. The van der Waals surface area contributed by atoms with Crippen LogP contribution in [0, 0.1) is 0 Å². The van der Waals surface area contributed by atoms with Crippen molar-refractivity contribution < 1.29 is 9.53 Å². The van der Waals surface area contributed by atoms with Gasteiger partial charge < -0.3 is 4.74 Å². The highest BCUT2D eigenvalue weighted by Crippen LogP contribution is 2.13. The first kappa shape index (κ1) is 22.4. The monoisotopic (exact) mass is 340 g/mol. The number of unbranched alkanes of at least 4 members (excludes halogenated alkanes) is 13. The van der Waals surface area contributed by atoms with Crippen LogP contribution >= 0.6 is 0 Å². The number of hydrogen-bond donors (Lipinski definition) is 0. The van der Waals surface area contributed by atoms with Gasteiger partial charge in [0, 0.05) is 15.8 Å². The summed E-state index contributed by atoms with van der Waals surface area (Å²) in [5.74, 6) is -0.130. The van der Waals surface area contributed by atoms with Crippen LogP contribution in [0.1, 0.15) is 104 Å². The third-order valence-electron chi connectivity index (χ3n) is 4.49. The lowest BCUT2D eigenvalue weighted by Crippen LogP contribution is -2.07. The minimum absolute atomic E-state index is 0.130. The smallest absolute Gasteiger partial charge is 0.332 e. The van der Waals surface area contributed by atoms with Crippen molar-refractivity contribution in [3.63, 3.8) is 0 Å². The molecule has 0 rings (SSSR count). The maximum Gasteiger partial charge on any atom is 0.332 e. The molecule has 0 amide bonds. The molecule has 136 valence electrons. The lowest BCUT2D eigenvalue weighted by atomic mass is 10.0. The predicted molar refractivity (Wildman–Crippen MR) is 105 cm³/mol. The molecule has 0 heterocycles. The average molecular weight is 341 g/mol. The van der Waals surface area contributed by atoms with Gasteiger partial charge in [-0.15, -0.1) is 0 Å². The van der Waals surface area contributed by atoms with Crippen molar-refractivity contribution in [3.05, 3.63) is 11.3 Å². The summed E-state index contributed by atoms with van der Waals surface area (Å²) >= 11 is 0. The van der Waals surface area contributed by atoms with Crippen LogP contribution in [0.4, 0.5) is 0 Å². The van der Waals surface area contributed by atoms with Gasteiger partial charge >= 0.3 is 5.97 Å². The van der Waals surface area contributed by atoms with Gasteiger partial charge in [-0.3, -0.25) is 0 Å². The summed E-state index contributed by atoms with van der Waals surface area (Å²) in [5.41, 5.74) is 2.70. The van der Waals surface area contributed by atoms with E-state index >= 15 is 0 Å². The third kappa shape index (κ3) is 16.1. The van der Waals surface area contributed by atoms with Crippen LogP contribution < -0.4 is 0 Å². The Hall–Kier alpha value is -0.573. The molecular formula is C20H40O2Si. The molecule has 0 unspecified atom stereocenters. The minimum Gasteiger partial charge on any atom is -0.462 e. The summed E-state index contributed by atoms with van der Waals surface area (Å²) in [4.78, 5) is 11.4. The van der Waals surface area contributed by atoms with Crippen LogP contribution in [0.5, 0.6) is 0 Å². The second kappa shape index (κ2) is 17.8. The molecule has 0 aliphatic rings. The summed E-state index contributed by atoms with van der Waals surface area (Å²) in [6.07, 6.45) is 18.9. The zero-order chi connectivity index (χ0) is 17.2. The van der Waals surface area contributed by atoms with Crippen molar-refractivity contribution in [2.45, 2.75) is 104 Å². The van der Waals surface area contributed by atoms with Gasteiger partial charge in [0.05, 0.1) is 6.61 Å². The van der Waals surface area contributed by atoms with Crippen molar-refractivity contribution in [2.24, 2.45) is 0 Å². The van der Waals surface area contributed by atoms with E-state index in [1.165, 1.54) is 83.5 Å². The number of carbonyl (C=O) groups excluding carboxylic acids is 1. The molecule has 3 heteroatoms. The van der Waals surface area contributed by atoms with Gasteiger partial charge in [0.2, 0.25) is 0 Å². The second-order valence-electron chi connectivity index (χ2n) is 6.70. The first-order valence-electron chi connectivity index (χ1n) is 10.0. The van der Waals surface area contributed by atoms with E-state index in [0.717, 1.165) is 22.2 Å². The molecule has 0 N–H and O–H groups in total. The van der Waals surface area contributed by atoms with Crippen LogP contribution in [0.2, 0.25) is 0 Å². The molecule has 0 aromatic heterocycles. The van der Waals surface area contributed by atoms with E-state index < -0.39 is 0 Å². The summed E-state index contributed by atoms with van der Waals surface area (Å²) in [6, 6.07) is 0. The zero-order valence-corrected chi connectivity index (χ0v) is 18.0. The Kier molecular flexibility index (Phi) is 17.3. The van der Waals surface area contributed by atoms with E-state index in [-0.39, 0.29) is 5.97 Å². The molecule has 0 saturated heterocycles. The first-order valence-corrected chi connectivity index (χ1v) is 11.2. The van der Waals surface area contributed by atoms with E-state index in [1.54, 1.807) is 0 Å². The summed E-state index contributed by atoms with van der Waals surface area (Å²) < 4.78 is 5.22. The third-order valence-corrected chi connectivity index (χ3v) is 5.35. The Morgan fingerprint density at radius 3 is 1.57 bits per heavy atom. The van der Waals surface area contributed by atoms with Gasteiger partial charge in [-0.25, -0.2) is 4.79 Å². The molecule has 2 nitrogen and oxygen atoms in total. The molecular weight excluding hydrogens is 300 g/mol. The highest BCUT2D eigenvalue weighted by molar-refractivity contribution is 6.19. The van der Waals surface area contributed by atoms with Crippen molar-refractivity contribution in [1.29, 1.82) is 0 Å². The fourth-order valence-corrected chi connectivity index (χ4v) is 2.93. The number of hydrogen-bond acceptors (Lipinski definition) is 2. The zero-order valence-electron chi connectivity index (χ0n) is 16.0. The lowest BCUT2D eigenvalue weighted by Gasteiger charge is -2.05. The quantitative estimate of drug-likeness (QED) is 0.165. The lowest BCUT2D eigenvalue weighted by molar-refractivity contribution is -0.139. The van der Waals surface area contributed by atoms with Crippen LogP contribution in [-0.2, 0) is 9.53 Å². The topological polar surface area (TPSA) is 26.3 Å². The Morgan fingerprint density at radius 2 is 1.17 bits per heavy atom. The van der Waals surface area contributed by atoms with Gasteiger partial charge in [-0.05, 0) is 13.3 Å². The fourth-order valence-electron chi connectivity index (χ4n) is 2.69. The van der Waals surface area contributed by atoms with E-state index in [4.69, 9.17) is 4.74 Å². The number of esters is 1. The maximum absolute atomic E-state index is 11.4. The van der Waals surface area contributed by atoms with Gasteiger partial charge in [-0.2, -0.15) is 0 Å². The highest BCUT2D eigenvalue weighted by Gasteiger charge is 2.03. The Morgan fingerprint density at radius 1 is 0.783 bits per heavy atom. The molecule has 0 radical (unpaired) electrons. The molecule has 0 aromatic carbocycles. The Balaban J connectivity index is 3.12. The van der Waals surface area contributed by atoms with E-state index in [2.05, 4.69) is 6.92 Å². The van der Waals surface area contributed by atoms with Crippen LogP contribution in [0.15, 0.2) is 11.3 Å². The highest BCUT2D eigenvalue weighted by atomic mass is 28.1. The molecule has 0 atom stereocenters. The SMILES string of the molecule is CCCCCCCCCCCCCCCCOC(=O)C(C)=C[SiH3]. The van der Waals surface area contributed by atoms with Crippen molar-refractivity contribution >= 4 is 16.2 Å². The molecule has 0 bridgehead atoms. The van der Waals surface area contributed by atoms with Crippen LogP contribution in [0.3, 0.4) is 0 Å². The molecule has 0 aliphatic heterocycles. The Labute approximate surface area is 147 Å². The molecule has 0 aliphatic carbocycles. The molecule has 0 fully saturated rings. The van der Waals surface area contributed by atoms with Crippen molar-refractivity contribution in [3.8, 4) is 0 Å². The standard InChI is InChI=1S/C20H40O2Si/c1-3-4-5-6-7-8-9-10-11-12-13-14-15-16-17-22-20(21)19(2)18-23/h18H,3-17H2,1-2,23H3.